The molecule has 1 aliphatic rings. The molecule has 3 aromatic rings. The second-order valence-corrected chi connectivity index (χ2v) is 6.74. The number of amides is 1. The van der Waals surface area contributed by atoms with Crippen molar-refractivity contribution in [3.63, 3.8) is 0 Å². The Kier molecular flexibility index (Phi) is 4.61. The SMILES string of the molecule is Cn1ncc2c(SCC(=O)NC[C@@H]3COc4ccccc4O3)ncnc21. The lowest BCUT2D eigenvalue weighted by atomic mass is 10.2. The Morgan fingerprint density at radius 2 is 2.19 bits per heavy atom. The van der Waals surface area contributed by atoms with Crippen LogP contribution < -0.4 is 14.8 Å². The summed E-state index contributed by atoms with van der Waals surface area (Å²) in [5, 5.41) is 8.63. The molecular weight excluding hydrogens is 354 g/mol. The number of fused-ring (bicyclic) bond motifs is 2. The van der Waals surface area contributed by atoms with Crippen molar-refractivity contribution in [1.29, 1.82) is 0 Å². The van der Waals surface area contributed by atoms with E-state index in [2.05, 4.69) is 20.4 Å². The van der Waals surface area contributed by atoms with Crippen LogP contribution in [0.25, 0.3) is 11.0 Å². The van der Waals surface area contributed by atoms with E-state index in [0.29, 0.717) is 18.9 Å². The van der Waals surface area contributed by atoms with Gasteiger partial charge in [-0.25, -0.2) is 9.97 Å². The molecule has 0 spiro atoms. The summed E-state index contributed by atoms with van der Waals surface area (Å²) in [6.45, 7) is 0.798. The van der Waals surface area contributed by atoms with Gasteiger partial charge in [0.05, 0.1) is 23.9 Å². The van der Waals surface area contributed by atoms with Gasteiger partial charge >= 0.3 is 0 Å². The van der Waals surface area contributed by atoms with E-state index in [1.807, 2.05) is 31.3 Å². The van der Waals surface area contributed by atoms with E-state index in [1.54, 1.807) is 10.9 Å². The first-order chi connectivity index (χ1) is 12.7. The number of carbonyl (C=O) groups is 1. The van der Waals surface area contributed by atoms with Crippen LogP contribution in [-0.2, 0) is 11.8 Å². The summed E-state index contributed by atoms with van der Waals surface area (Å²) < 4.78 is 13.1. The van der Waals surface area contributed by atoms with Crippen LogP contribution in [-0.4, -0.2) is 50.7 Å². The third kappa shape index (κ3) is 3.43. The van der Waals surface area contributed by atoms with Crippen LogP contribution in [0.4, 0.5) is 0 Å². The molecule has 1 aliphatic heterocycles. The van der Waals surface area contributed by atoms with Crippen molar-refractivity contribution in [2.45, 2.75) is 11.1 Å². The van der Waals surface area contributed by atoms with Gasteiger partial charge in [0.1, 0.15) is 24.1 Å². The fourth-order valence-electron chi connectivity index (χ4n) is 2.63. The summed E-state index contributed by atoms with van der Waals surface area (Å²) in [5.74, 6) is 1.60. The maximum atomic E-state index is 12.2. The van der Waals surface area contributed by atoms with Gasteiger partial charge in [0.25, 0.3) is 0 Å². The number of carbonyl (C=O) groups excluding carboxylic acids is 1. The summed E-state index contributed by atoms with van der Waals surface area (Å²) in [6, 6.07) is 7.50. The number of hydrogen-bond donors (Lipinski definition) is 1. The van der Waals surface area contributed by atoms with Gasteiger partial charge in [-0.05, 0) is 12.1 Å². The van der Waals surface area contributed by atoms with E-state index >= 15 is 0 Å². The number of rotatable bonds is 5. The van der Waals surface area contributed by atoms with Crippen LogP contribution in [0.5, 0.6) is 11.5 Å². The van der Waals surface area contributed by atoms with Gasteiger partial charge in [-0.3, -0.25) is 9.48 Å². The molecule has 8 nitrogen and oxygen atoms in total. The Balaban J connectivity index is 1.29. The van der Waals surface area contributed by atoms with Gasteiger partial charge in [0.15, 0.2) is 17.1 Å². The van der Waals surface area contributed by atoms with Crippen LogP contribution >= 0.6 is 11.8 Å². The number of nitrogens with one attached hydrogen (secondary N) is 1. The Hall–Kier alpha value is -2.81. The Bertz CT molecular complexity index is 945. The van der Waals surface area contributed by atoms with Crippen LogP contribution in [0.2, 0.25) is 0 Å². The van der Waals surface area contributed by atoms with Gasteiger partial charge in [-0.15, -0.1) is 0 Å². The van der Waals surface area contributed by atoms with E-state index in [1.165, 1.54) is 18.1 Å². The van der Waals surface area contributed by atoms with E-state index < -0.39 is 0 Å². The normalized spacial score (nSPS) is 15.8. The smallest absolute Gasteiger partial charge is 0.230 e. The standard InChI is InChI=1S/C17H17N5O3S/c1-22-16-12(7-21-22)17(20-10-19-16)26-9-15(23)18-6-11-8-24-13-4-2-3-5-14(13)25-11/h2-5,7,10-11H,6,8-9H2,1H3,(H,18,23)/t11-/m1/s1. The second kappa shape index (κ2) is 7.20. The maximum Gasteiger partial charge on any atom is 0.230 e. The molecule has 9 heteroatoms. The predicted octanol–water partition coefficient (Wildman–Crippen LogP) is 1.41. The number of benzene rings is 1. The third-order valence-electron chi connectivity index (χ3n) is 3.93. The monoisotopic (exact) mass is 371 g/mol. The predicted molar refractivity (Wildman–Crippen MR) is 96.4 cm³/mol. The summed E-state index contributed by atoms with van der Waals surface area (Å²) in [6.07, 6.45) is 2.98. The van der Waals surface area contributed by atoms with Crippen molar-refractivity contribution < 1.29 is 14.3 Å². The van der Waals surface area contributed by atoms with E-state index in [9.17, 15) is 4.79 Å². The van der Waals surface area contributed by atoms with Crippen molar-refractivity contribution in [2.75, 3.05) is 18.9 Å². The first-order valence-electron chi connectivity index (χ1n) is 8.11. The molecular formula is C17H17N5O3S. The lowest BCUT2D eigenvalue weighted by Crippen LogP contribution is -2.41. The molecule has 0 fully saturated rings. The molecule has 4 rings (SSSR count). The van der Waals surface area contributed by atoms with Gasteiger partial charge in [0.2, 0.25) is 5.91 Å². The number of para-hydroxylation sites is 2. The summed E-state index contributed by atoms with van der Waals surface area (Å²) >= 11 is 1.36. The molecule has 26 heavy (non-hydrogen) atoms. The minimum Gasteiger partial charge on any atom is -0.486 e. The fourth-order valence-corrected chi connectivity index (χ4v) is 3.42. The van der Waals surface area contributed by atoms with Crippen molar-refractivity contribution in [1.82, 2.24) is 25.1 Å². The highest BCUT2D eigenvalue weighted by atomic mass is 32.2. The molecule has 0 saturated carbocycles. The molecule has 2 aromatic heterocycles. The largest absolute Gasteiger partial charge is 0.486 e. The average Bonchev–Trinajstić information content (AvgIpc) is 3.06. The molecule has 1 amide bonds. The first kappa shape index (κ1) is 16.6. The maximum absolute atomic E-state index is 12.2. The number of ether oxygens (including phenoxy) is 2. The Labute approximate surface area is 153 Å². The first-order valence-corrected chi connectivity index (χ1v) is 9.10. The van der Waals surface area contributed by atoms with Crippen LogP contribution in [0.1, 0.15) is 0 Å². The van der Waals surface area contributed by atoms with Gasteiger partial charge in [-0.1, -0.05) is 23.9 Å². The lowest BCUT2D eigenvalue weighted by Gasteiger charge is -2.26. The highest BCUT2D eigenvalue weighted by molar-refractivity contribution is 8.00. The number of aromatic nitrogens is 4. The van der Waals surface area contributed by atoms with Gasteiger partial charge < -0.3 is 14.8 Å². The fraction of sp³-hybridized carbons (Fsp3) is 0.294. The second-order valence-electron chi connectivity index (χ2n) is 5.77. The molecule has 1 N–H and O–H groups in total. The van der Waals surface area contributed by atoms with Crippen molar-refractivity contribution in [2.24, 2.45) is 7.05 Å². The zero-order valence-electron chi connectivity index (χ0n) is 14.1. The highest BCUT2D eigenvalue weighted by Gasteiger charge is 2.21. The van der Waals surface area contributed by atoms with Gasteiger partial charge in [0, 0.05) is 7.05 Å². The summed E-state index contributed by atoms with van der Waals surface area (Å²) in [7, 11) is 1.82. The number of thioether (sulfide) groups is 1. The zero-order valence-corrected chi connectivity index (χ0v) is 14.9. The van der Waals surface area contributed by atoms with E-state index in [0.717, 1.165) is 21.8 Å². The number of nitrogens with zero attached hydrogens (tertiary/aromatic N) is 4. The molecule has 0 radical (unpaired) electrons. The number of hydrogen-bond acceptors (Lipinski definition) is 7. The molecule has 0 saturated heterocycles. The molecule has 134 valence electrons. The summed E-state index contributed by atoms with van der Waals surface area (Å²) in [4.78, 5) is 20.6. The topological polar surface area (TPSA) is 91.2 Å². The van der Waals surface area contributed by atoms with Gasteiger partial charge in [-0.2, -0.15) is 5.10 Å². The van der Waals surface area contributed by atoms with Crippen LogP contribution in [0.3, 0.4) is 0 Å². The highest BCUT2D eigenvalue weighted by Crippen LogP contribution is 2.30. The lowest BCUT2D eigenvalue weighted by molar-refractivity contribution is -0.119. The molecule has 1 aromatic carbocycles. The third-order valence-corrected chi connectivity index (χ3v) is 4.93. The minimum absolute atomic E-state index is 0.0897. The number of aryl methyl sites for hydroxylation is 1. The van der Waals surface area contributed by atoms with E-state index in [-0.39, 0.29) is 17.8 Å². The van der Waals surface area contributed by atoms with Crippen LogP contribution in [0, 0.1) is 0 Å². The van der Waals surface area contributed by atoms with Crippen molar-refractivity contribution in [3.8, 4) is 11.5 Å². The zero-order chi connectivity index (χ0) is 17.9. The molecule has 0 aliphatic carbocycles. The summed E-state index contributed by atoms with van der Waals surface area (Å²) in [5.41, 5.74) is 0.745. The Morgan fingerprint density at radius 1 is 1.35 bits per heavy atom. The molecule has 1 atom stereocenters. The van der Waals surface area contributed by atoms with Crippen molar-refractivity contribution >= 4 is 28.7 Å². The van der Waals surface area contributed by atoms with Crippen molar-refractivity contribution in [3.05, 3.63) is 36.8 Å². The molecule has 3 heterocycles. The van der Waals surface area contributed by atoms with Crippen LogP contribution in [0.15, 0.2) is 41.8 Å². The average molecular weight is 371 g/mol. The van der Waals surface area contributed by atoms with E-state index in [4.69, 9.17) is 9.47 Å². The quantitative estimate of drug-likeness (QED) is 0.536. The molecule has 0 bridgehead atoms. The minimum atomic E-state index is -0.206. The Morgan fingerprint density at radius 3 is 3.08 bits per heavy atom. The molecule has 0 unspecified atom stereocenters.